The van der Waals surface area contributed by atoms with Crippen LogP contribution < -0.4 is 10.6 Å². The largest absolute Gasteiger partial charge is 0.466 e. The molecule has 0 radical (unpaired) electrons. The number of hydrogen-bond donors (Lipinski definition) is 2. The van der Waals surface area contributed by atoms with Crippen LogP contribution in [0.15, 0.2) is 24.3 Å². The van der Waals surface area contributed by atoms with Crippen molar-refractivity contribution < 1.29 is 19.1 Å². The molecule has 1 aromatic rings. The van der Waals surface area contributed by atoms with E-state index in [9.17, 15) is 14.4 Å². The summed E-state index contributed by atoms with van der Waals surface area (Å²) < 4.78 is 5.24. The van der Waals surface area contributed by atoms with E-state index in [2.05, 4.69) is 31.4 Å². The van der Waals surface area contributed by atoms with Gasteiger partial charge in [0.05, 0.1) is 13.0 Å². The summed E-state index contributed by atoms with van der Waals surface area (Å²) >= 11 is 5.40. The van der Waals surface area contributed by atoms with Gasteiger partial charge in [-0.3, -0.25) is 19.7 Å². The lowest BCUT2D eigenvalue weighted by Crippen LogP contribution is -2.60. The first-order valence-electron chi connectivity index (χ1n) is 10.6. The number of thiocarbonyl (C=S) groups is 1. The lowest BCUT2D eigenvalue weighted by atomic mass is 9.87. The fraction of sp³-hybridized carbons (Fsp3) is 0.565. The molecule has 1 aliphatic rings. The van der Waals surface area contributed by atoms with Crippen LogP contribution in [0, 0.1) is 5.92 Å². The monoisotopic (exact) mass is 447 g/mol. The number of benzene rings is 1. The molecule has 0 aromatic heterocycles. The molecule has 8 heteroatoms. The minimum absolute atomic E-state index is 0.0114. The molecule has 1 fully saturated rings. The van der Waals surface area contributed by atoms with Crippen molar-refractivity contribution in [3.63, 3.8) is 0 Å². The molecule has 7 nitrogen and oxygen atoms in total. The molecule has 31 heavy (non-hydrogen) atoms. The summed E-state index contributed by atoms with van der Waals surface area (Å²) in [6.45, 7) is 11.5. The molecular weight excluding hydrogens is 414 g/mol. The van der Waals surface area contributed by atoms with Gasteiger partial charge in [-0.15, -0.1) is 0 Å². The molecule has 0 bridgehead atoms. The summed E-state index contributed by atoms with van der Waals surface area (Å²) in [6, 6.07) is 6.54. The normalized spacial score (nSPS) is 16.6. The molecule has 1 unspecified atom stereocenters. The van der Waals surface area contributed by atoms with Gasteiger partial charge >= 0.3 is 5.97 Å². The lowest BCUT2D eigenvalue weighted by molar-refractivity contribution is -0.147. The van der Waals surface area contributed by atoms with Gasteiger partial charge in [-0.1, -0.05) is 46.8 Å². The van der Waals surface area contributed by atoms with Crippen molar-refractivity contribution >= 4 is 35.1 Å². The standard InChI is InChI=1S/C23H33N3O4S/c1-15(2)10-13-30-19(27)14-18-21(29)24-11-12-26(18)22(31)25-20(28)16-6-8-17(9-7-16)23(3,4)5/h6-9,15,18H,10-14H2,1-5H3,(H,24,29)(H,25,28,31). The van der Waals surface area contributed by atoms with E-state index < -0.39 is 12.0 Å². The fourth-order valence-electron chi connectivity index (χ4n) is 3.15. The number of nitrogens with one attached hydrogen (secondary N) is 2. The van der Waals surface area contributed by atoms with Crippen LogP contribution in [-0.4, -0.2) is 53.5 Å². The van der Waals surface area contributed by atoms with Gasteiger partial charge in [0, 0.05) is 18.7 Å². The Labute approximate surface area is 189 Å². The average molecular weight is 448 g/mol. The molecule has 2 rings (SSSR count). The molecule has 1 heterocycles. The lowest BCUT2D eigenvalue weighted by Gasteiger charge is -2.36. The first-order chi connectivity index (χ1) is 14.5. The Balaban J connectivity index is 2.01. The summed E-state index contributed by atoms with van der Waals surface area (Å²) in [5.41, 5.74) is 1.58. The first-order valence-corrected chi connectivity index (χ1v) is 11.1. The highest BCUT2D eigenvalue weighted by molar-refractivity contribution is 7.80. The molecular formula is C23H33N3O4S. The summed E-state index contributed by atoms with van der Waals surface area (Å²) in [7, 11) is 0. The maximum Gasteiger partial charge on any atom is 0.308 e. The Morgan fingerprint density at radius 3 is 2.48 bits per heavy atom. The molecule has 1 atom stereocenters. The summed E-state index contributed by atoms with van der Waals surface area (Å²) in [5.74, 6) is -0.699. The maximum atomic E-state index is 12.7. The Morgan fingerprint density at radius 2 is 1.90 bits per heavy atom. The van der Waals surface area contributed by atoms with Gasteiger partial charge in [0.1, 0.15) is 6.04 Å². The number of ether oxygens (including phenoxy) is 1. The predicted octanol–water partition coefficient (Wildman–Crippen LogP) is 2.78. The third kappa shape index (κ3) is 7.31. The van der Waals surface area contributed by atoms with E-state index in [0.29, 0.717) is 31.2 Å². The molecule has 2 amide bonds. The first kappa shape index (κ1) is 24.8. The molecule has 0 aliphatic carbocycles. The highest BCUT2D eigenvalue weighted by atomic mass is 32.1. The Bertz CT molecular complexity index is 815. The minimum Gasteiger partial charge on any atom is -0.466 e. The van der Waals surface area contributed by atoms with Gasteiger partial charge in [-0.2, -0.15) is 0 Å². The second-order valence-electron chi connectivity index (χ2n) is 9.19. The van der Waals surface area contributed by atoms with Crippen LogP contribution in [0.1, 0.15) is 63.4 Å². The van der Waals surface area contributed by atoms with Crippen LogP contribution in [0.3, 0.4) is 0 Å². The number of carbonyl (C=O) groups excluding carboxylic acids is 3. The third-order valence-electron chi connectivity index (χ3n) is 5.14. The Morgan fingerprint density at radius 1 is 1.26 bits per heavy atom. The summed E-state index contributed by atoms with van der Waals surface area (Å²) in [4.78, 5) is 38.8. The van der Waals surface area contributed by atoms with Crippen LogP contribution in [0.4, 0.5) is 0 Å². The Hall–Kier alpha value is -2.48. The van der Waals surface area contributed by atoms with Gasteiger partial charge in [0.15, 0.2) is 5.11 Å². The SMILES string of the molecule is CC(C)CCOC(=O)CC1C(=O)NCCN1C(=S)NC(=O)c1ccc(C(C)(C)C)cc1. The zero-order chi connectivity index (χ0) is 23.2. The molecule has 170 valence electrons. The van der Waals surface area contributed by atoms with E-state index in [-0.39, 0.29) is 28.8 Å². The van der Waals surface area contributed by atoms with Crippen LogP contribution in [0.2, 0.25) is 0 Å². The zero-order valence-corrected chi connectivity index (χ0v) is 19.8. The number of carbonyl (C=O) groups is 3. The minimum atomic E-state index is -0.809. The van der Waals surface area contributed by atoms with Crippen molar-refractivity contribution in [2.45, 2.75) is 58.9 Å². The molecule has 0 spiro atoms. The molecule has 1 aromatic carbocycles. The number of esters is 1. The van der Waals surface area contributed by atoms with Crippen molar-refractivity contribution in [2.24, 2.45) is 5.92 Å². The van der Waals surface area contributed by atoms with E-state index in [1.54, 1.807) is 17.0 Å². The highest BCUT2D eigenvalue weighted by Crippen LogP contribution is 2.22. The fourth-order valence-corrected chi connectivity index (χ4v) is 3.46. The van der Waals surface area contributed by atoms with E-state index in [4.69, 9.17) is 17.0 Å². The van der Waals surface area contributed by atoms with Gasteiger partial charge in [0.2, 0.25) is 5.91 Å². The van der Waals surface area contributed by atoms with E-state index in [0.717, 1.165) is 12.0 Å². The summed E-state index contributed by atoms with van der Waals surface area (Å²) in [5, 5.41) is 5.56. The van der Waals surface area contributed by atoms with Gasteiger partial charge in [-0.05, 0) is 47.7 Å². The zero-order valence-electron chi connectivity index (χ0n) is 19.0. The van der Waals surface area contributed by atoms with Gasteiger partial charge < -0.3 is 15.0 Å². The van der Waals surface area contributed by atoms with Crippen molar-refractivity contribution in [1.82, 2.24) is 15.5 Å². The second kappa shape index (κ2) is 10.7. The highest BCUT2D eigenvalue weighted by Gasteiger charge is 2.34. The number of nitrogens with zero attached hydrogens (tertiary/aromatic N) is 1. The quantitative estimate of drug-likeness (QED) is 0.515. The van der Waals surface area contributed by atoms with Crippen molar-refractivity contribution in [1.29, 1.82) is 0 Å². The molecule has 1 aliphatic heterocycles. The van der Waals surface area contributed by atoms with Crippen molar-refractivity contribution in [3.8, 4) is 0 Å². The smallest absolute Gasteiger partial charge is 0.308 e. The van der Waals surface area contributed by atoms with E-state index in [1.165, 1.54) is 0 Å². The number of piperazine rings is 1. The maximum absolute atomic E-state index is 12.7. The van der Waals surface area contributed by atoms with Gasteiger partial charge in [-0.25, -0.2) is 0 Å². The molecule has 1 saturated heterocycles. The van der Waals surface area contributed by atoms with Crippen molar-refractivity contribution in [3.05, 3.63) is 35.4 Å². The number of hydrogen-bond acceptors (Lipinski definition) is 5. The average Bonchev–Trinajstić information content (AvgIpc) is 2.68. The van der Waals surface area contributed by atoms with Gasteiger partial charge in [0.25, 0.3) is 5.91 Å². The van der Waals surface area contributed by atoms with Crippen LogP contribution >= 0.6 is 12.2 Å². The topological polar surface area (TPSA) is 87.7 Å². The number of rotatable bonds is 6. The third-order valence-corrected chi connectivity index (χ3v) is 5.48. The second-order valence-corrected chi connectivity index (χ2v) is 9.58. The number of amides is 2. The predicted molar refractivity (Wildman–Crippen MR) is 124 cm³/mol. The molecule has 0 saturated carbocycles. The van der Waals surface area contributed by atoms with E-state index >= 15 is 0 Å². The Kier molecular flexibility index (Phi) is 8.56. The van der Waals surface area contributed by atoms with Crippen molar-refractivity contribution in [2.75, 3.05) is 19.7 Å². The van der Waals surface area contributed by atoms with Crippen LogP contribution in [0.25, 0.3) is 0 Å². The van der Waals surface area contributed by atoms with E-state index in [1.807, 2.05) is 26.0 Å². The summed E-state index contributed by atoms with van der Waals surface area (Å²) in [6.07, 6.45) is 0.634. The molecule has 2 N–H and O–H groups in total. The van der Waals surface area contributed by atoms with Crippen LogP contribution in [0.5, 0.6) is 0 Å². The van der Waals surface area contributed by atoms with Crippen LogP contribution in [-0.2, 0) is 19.7 Å².